The van der Waals surface area contributed by atoms with Crippen LogP contribution >= 0.6 is 11.3 Å². The number of rotatable bonds is 3. The minimum atomic E-state index is -0.351. The van der Waals surface area contributed by atoms with Crippen molar-refractivity contribution in [3.05, 3.63) is 21.9 Å². The van der Waals surface area contributed by atoms with Gasteiger partial charge in [-0.3, -0.25) is 9.69 Å². The van der Waals surface area contributed by atoms with Crippen molar-refractivity contribution in [2.24, 2.45) is 11.5 Å². The molecule has 1 aliphatic rings. The molecular formula is C10H15N3OS. The lowest BCUT2D eigenvalue weighted by molar-refractivity contribution is 0.100. The number of carbonyl (C=O) groups is 1. The van der Waals surface area contributed by atoms with Crippen molar-refractivity contribution in [1.29, 1.82) is 0 Å². The first-order valence-electron chi connectivity index (χ1n) is 5.00. The zero-order chi connectivity index (χ0) is 10.8. The summed E-state index contributed by atoms with van der Waals surface area (Å²) in [5.41, 5.74) is 11.6. The lowest BCUT2D eigenvalue weighted by atomic mass is 10.3. The second-order valence-electron chi connectivity index (χ2n) is 3.95. The molecule has 4 nitrogen and oxygen atoms in total. The fraction of sp³-hybridized carbons (Fsp3) is 0.500. The Morgan fingerprint density at radius 3 is 3.00 bits per heavy atom. The van der Waals surface area contributed by atoms with Gasteiger partial charge in [0.2, 0.25) is 5.91 Å². The van der Waals surface area contributed by atoms with Crippen LogP contribution in [0.3, 0.4) is 0 Å². The molecule has 2 rings (SSSR count). The number of likely N-dealkylation sites (tertiary alicyclic amines) is 1. The standard InChI is InChI=1S/C10H15N3OS/c11-8-1-2-13(4-8)5-9-3-7(6-15-9)10(12)14/h3,6,8H,1-2,4-5,11H2,(H2,12,14). The van der Waals surface area contributed by atoms with Crippen LogP contribution in [0.25, 0.3) is 0 Å². The van der Waals surface area contributed by atoms with Crippen LogP contribution in [0.4, 0.5) is 0 Å². The van der Waals surface area contributed by atoms with Gasteiger partial charge in [0.15, 0.2) is 0 Å². The summed E-state index contributed by atoms with van der Waals surface area (Å²) in [6.45, 7) is 2.88. The highest BCUT2D eigenvalue weighted by Crippen LogP contribution is 2.18. The Balaban J connectivity index is 1.96. The number of nitrogens with zero attached hydrogens (tertiary/aromatic N) is 1. The molecule has 0 aromatic carbocycles. The first-order chi connectivity index (χ1) is 7.15. The van der Waals surface area contributed by atoms with Gasteiger partial charge in [0.1, 0.15) is 0 Å². The third-order valence-electron chi connectivity index (χ3n) is 2.63. The maximum Gasteiger partial charge on any atom is 0.249 e. The smallest absolute Gasteiger partial charge is 0.249 e. The van der Waals surface area contributed by atoms with Crippen molar-refractivity contribution < 1.29 is 4.79 Å². The summed E-state index contributed by atoms with van der Waals surface area (Å²) < 4.78 is 0. The molecule has 0 saturated carbocycles. The van der Waals surface area contributed by atoms with Gasteiger partial charge in [-0.1, -0.05) is 0 Å². The molecule has 1 fully saturated rings. The molecular weight excluding hydrogens is 210 g/mol. The van der Waals surface area contributed by atoms with E-state index < -0.39 is 0 Å². The summed E-state index contributed by atoms with van der Waals surface area (Å²) in [6, 6.07) is 2.18. The summed E-state index contributed by atoms with van der Waals surface area (Å²) in [5.74, 6) is -0.351. The van der Waals surface area contributed by atoms with Gasteiger partial charge in [-0.25, -0.2) is 0 Å². The summed E-state index contributed by atoms with van der Waals surface area (Å²) in [4.78, 5) is 14.4. The highest BCUT2D eigenvalue weighted by atomic mass is 32.1. The van der Waals surface area contributed by atoms with Gasteiger partial charge in [-0.15, -0.1) is 11.3 Å². The normalized spacial score (nSPS) is 22.1. The zero-order valence-corrected chi connectivity index (χ0v) is 9.30. The number of primary amides is 1. The SMILES string of the molecule is NC(=O)c1csc(CN2CCC(N)C2)c1. The van der Waals surface area contributed by atoms with E-state index in [4.69, 9.17) is 11.5 Å². The maximum atomic E-state index is 10.9. The number of hydrogen-bond acceptors (Lipinski definition) is 4. The predicted molar refractivity (Wildman–Crippen MR) is 60.7 cm³/mol. The van der Waals surface area contributed by atoms with Gasteiger partial charge in [-0.2, -0.15) is 0 Å². The molecule has 0 aliphatic carbocycles. The zero-order valence-electron chi connectivity index (χ0n) is 8.48. The Hall–Kier alpha value is -0.910. The fourth-order valence-electron chi connectivity index (χ4n) is 1.82. The van der Waals surface area contributed by atoms with E-state index in [2.05, 4.69) is 4.90 Å². The van der Waals surface area contributed by atoms with Gasteiger partial charge >= 0.3 is 0 Å². The van der Waals surface area contributed by atoms with E-state index in [0.29, 0.717) is 11.6 Å². The summed E-state index contributed by atoms with van der Waals surface area (Å²) >= 11 is 1.58. The third-order valence-corrected chi connectivity index (χ3v) is 3.55. The Bertz CT molecular complexity index is 363. The van der Waals surface area contributed by atoms with Gasteiger partial charge < -0.3 is 11.5 Å². The maximum absolute atomic E-state index is 10.9. The molecule has 82 valence electrons. The van der Waals surface area contributed by atoms with E-state index in [1.165, 1.54) is 4.88 Å². The lowest BCUT2D eigenvalue weighted by Gasteiger charge is -2.13. The van der Waals surface area contributed by atoms with Gasteiger partial charge in [-0.05, 0) is 12.5 Å². The van der Waals surface area contributed by atoms with E-state index in [0.717, 1.165) is 26.1 Å². The van der Waals surface area contributed by atoms with Crippen LogP contribution in [0.1, 0.15) is 21.7 Å². The summed E-state index contributed by atoms with van der Waals surface area (Å²) in [5, 5.41) is 1.81. The van der Waals surface area contributed by atoms with E-state index in [9.17, 15) is 4.79 Å². The molecule has 1 aromatic rings. The Labute approximate surface area is 92.9 Å². The summed E-state index contributed by atoms with van der Waals surface area (Å²) in [7, 11) is 0. The van der Waals surface area contributed by atoms with E-state index >= 15 is 0 Å². The Morgan fingerprint density at radius 2 is 2.47 bits per heavy atom. The molecule has 0 spiro atoms. The molecule has 0 radical (unpaired) electrons. The van der Waals surface area contributed by atoms with Crippen LogP contribution in [0.2, 0.25) is 0 Å². The average molecular weight is 225 g/mol. The number of thiophene rings is 1. The fourth-order valence-corrected chi connectivity index (χ4v) is 2.73. The number of hydrogen-bond donors (Lipinski definition) is 2. The quantitative estimate of drug-likeness (QED) is 0.781. The number of nitrogens with two attached hydrogens (primary N) is 2. The minimum absolute atomic E-state index is 0.306. The first kappa shape index (κ1) is 10.6. The average Bonchev–Trinajstić information content (AvgIpc) is 2.76. The molecule has 2 heterocycles. The Kier molecular flexibility index (Phi) is 3.04. The monoisotopic (exact) mass is 225 g/mol. The van der Waals surface area contributed by atoms with Crippen LogP contribution < -0.4 is 11.5 Å². The van der Waals surface area contributed by atoms with Crippen molar-refractivity contribution in [1.82, 2.24) is 4.90 Å². The van der Waals surface area contributed by atoms with Crippen molar-refractivity contribution >= 4 is 17.2 Å². The number of carbonyl (C=O) groups excluding carboxylic acids is 1. The van der Waals surface area contributed by atoms with E-state index in [1.807, 2.05) is 11.4 Å². The molecule has 15 heavy (non-hydrogen) atoms. The van der Waals surface area contributed by atoms with Crippen molar-refractivity contribution in [2.75, 3.05) is 13.1 Å². The first-order valence-corrected chi connectivity index (χ1v) is 5.88. The van der Waals surface area contributed by atoms with Crippen molar-refractivity contribution in [3.8, 4) is 0 Å². The molecule has 1 aliphatic heterocycles. The van der Waals surface area contributed by atoms with Crippen LogP contribution in [0, 0.1) is 0 Å². The molecule has 1 unspecified atom stereocenters. The van der Waals surface area contributed by atoms with Crippen molar-refractivity contribution in [3.63, 3.8) is 0 Å². The Morgan fingerprint density at radius 1 is 1.67 bits per heavy atom. The second-order valence-corrected chi connectivity index (χ2v) is 4.95. The van der Waals surface area contributed by atoms with Crippen LogP contribution in [-0.2, 0) is 6.54 Å². The van der Waals surface area contributed by atoms with E-state index in [1.54, 1.807) is 11.3 Å². The van der Waals surface area contributed by atoms with Gasteiger partial charge in [0, 0.05) is 35.9 Å². The molecule has 4 N–H and O–H groups in total. The predicted octanol–water partition coefficient (Wildman–Crippen LogP) is 0.380. The van der Waals surface area contributed by atoms with Crippen molar-refractivity contribution in [2.45, 2.75) is 19.0 Å². The number of amides is 1. The molecule has 1 amide bonds. The van der Waals surface area contributed by atoms with Crippen LogP contribution in [0.15, 0.2) is 11.4 Å². The molecule has 1 atom stereocenters. The largest absolute Gasteiger partial charge is 0.366 e. The van der Waals surface area contributed by atoms with E-state index in [-0.39, 0.29) is 5.91 Å². The third kappa shape index (κ3) is 2.56. The highest BCUT2D eigenvalue weighted by Gasteiger charge is 2.19. The second kappa shape index (κ2) is 4.30. The molecule has 1 saturated heterocycles. The van der Waals surface area contributed by atoms with Gasteiger partial charge in [0.05, 0.1) is 5.56 Å². The minimum Gasteiger partial charge on any atom is -0.366 e. The van der Waals surface area contributed by atoms with Crippen LogP contribution in [-0.4, -0.2) is 29.9 Å². The molecule has 1 aromatic heterocycles. The van der Waals surface area contributed by atoms with Crippen LogP contribution in [0.5, 0.6) is 0 Å². The summed E-state index contributed by atoms with van der Waals surface area (Å²) in [6.07, 6.45) is 1.06. The van der Waals surface area contributed by atoms with Gasteiger partial charge in [0.25, 0.3) is 0 Å². The molecule has 0 bridgehead atoms. The lowest BCUT2D eigenvalue weighted by Crippen LogP contribution is -2.25. The topological polar surface area (TPSA) is 72.4 Å². The highest BCUT2D eigenvalue weighted by molar-refractivity contribution is 7.10. The molecule has 5 heteroatoms.